The Morgan fingerprint density at radius 1 is 0.919 bits per heavy atom. The number of benzene rings is 3. The molecule has 1 fully saturated rings. The van der Waals surface area contributed by atoms with E-state index in [9.17, 15) is 26.4 Å². The van der Waals surface area contributed by atoms with Gasteiger partial charge in [-0.05, 0) is 61.4 Å². The lowest BCUT2D eigenvalue weighted by Gasteiger charge is -2.36. The molecule has 3 aromatic carbocycles. The van der Waals surface area contributed by atoms with Crippen LogP contribution in [-0.4, -0.2) is 45.4 Å². The number of amides is 1. The van der Waals surface area contributed by atoms with Gasteiger partial charge in [0.15, 0.2) is 0 Å². The van der Waals surface area contributed by atoms with E-state index < -0.39 is 21.8 Å². The summed E-state index contributed by atoms with van der Waals surface area (Å²) in [5, 5.41) is 0. The fourth-order valence-corrected chi connectivity index (χ4v) is 5.23. The highest BCUT2D eigenvalue weighted by atomic mass is 32.2. The van der Waals surface area contributed by atoms with E-state index >= 15 is 0 Å². The van der Waals surface area contributed by atoms with E-state index in [-0.39, 0.29) is 17.2 Å². The third kappa shape index (κ3) is 6.82. The largest absolute Gasteiger partial charge is 0.416 e. The molecule has 0 aromatic heterocycles. The summed E-state index contributed by atoms with van der Waals surface area (Å²) in [7, 11) is -3.72. The first-order chi connectivity index (χ1) is 17.5. The molecule has 1 saturated heterocycles. The van der Waals surface area contributed by atoms with Crippen LogP contribution in [0, 0.1) is 6.92 Å². The van der Waals surface area contributed by atoms with Crippen molar-refractivity contribution in [1.29, 1.82) is 0 Å². The zero-order valence-corrected chi connectivity index (χ0v) is 21.1. The number of nitrogens with zero attached hydrogens (tertiary/aromatic N) is 2. The Balaban J connectivity index is 1.28. The number of carbonyl (C=O) groups is 1. The lowest BCUT2D eigenvalue weighted by atomic mass is 10.1. The molecule has 196 valence electrons. The van der Waals surface area contributed by atoms with Crippen LogP contribution in [0.25, 0.3) is 0 Å². The van der Waals surface area contributed by atoms with Gasteiger partial charge in [0.1, 0.15) is 0 Å². The van der Waals surface area contributed by atoms with Crippen LogP contribution in [0.4, 0.5) is 24.5 Å². The molecule has 0 unspecified atom stereocenters. The number of anilines is 2. The Kier molecular flexibility index (Phi) is 7.77. The zero-order chi connectivity index (χ0) is 26.6. The van der Waals surface area contributed by atoms with Crippen LogP contribution >= 0.6 is 0 Å². The summed E-state index contributed by atoms with van der Waals surface area (Å²) in [6.45, 7) is 3.68. The quantitative estimate of drug-likeness (QED) is 0.461. The van der Waals surface area contributed by atoms with E-state index in [4.69, 9.17) is 0 Å². The molecule has 1 heterocycles. The van der Waals surface area contributed by atoms with Gasteiger partial charge in [-0.1, -0.05) is 35.9 Å². The molecule has 1 aliphatic heterocycles. The monoisotopic (exact) mass is 531 g/mol. The molecule has 0 spiro atoms. The standard InChI is InChI=1S/C27H28F3N3O3S/c1-20-5-10-23(11-6-20)31-37(35,36)25-12-7-21(8-13-25)9-14-26(34)33-17-15-32(16-18-33)24-4-2-3-22(19-24)27(28,29)30/h2-8,10-13,19,31H,9,14-18H2,1H3. The lowest BCUT2D eigenvalue weighted by molar-refractivity contribution is -0.137. The van der Waals surface area contributed by atoms with Gasteiger partial charge in [-0.15, -0.1) is 0 Å². The SMILES string of the molecule is Cc1ccc(NS(=O)(=O)c2ccc(CCC(=O)N3CCN(c4cccc(C(F)(F)F)c4)CC3)cc2)cc1. The summed E-state index contributed by atoms with van der Waals surface area (Å²) in [6.07, 6.45) is -3.68. The van der Waals surface area contributed by atoms with Crippen LogP contribution in [0.1, 0.15) is 23.1 Å². The highest BCUT2D eigenvalue weighted by Gasteiger charge is 2.31. The van der Waals surface area contributed by atoms with Gasteiger partial charge in [-0.25, -0.2) is 8.42 Å². The molecule has 4 rings (SSSR count). The first kappa shape index (κ1) is 26.5. The van der Waals surface area contributed by atoms with Gasteiger partial charge in [0.2, 0.25) is 5.91 Å². The molecule has 1 aliphatic rings. The van der Waals surface area contributed by atoms with Crippen molar-refractivity contribution in [3.63, 3.8) is 0 Å². The number of aryl methyl sites for hydroxylation is 2. The van der Waals surface area contributed by atoms with Crippen molar-refractivity contribution in [2.24, 2.45) is 0 Å². The molecule has 10 heteroatoms. The van der Waals surface area contributed by atoms with E-state index in [1.54, 1.807) is 35.2 Å². The summed E-state index contributed by atoms with van der Waals surface area (Å²) in [5.41, 5.74) is 2.15. The fourth-order valence-electron chi connectivity index (χ4n) is 4.17. The van der Waals surface area contributed by atoms with Crippen LogP contribution < -0.4 is 9.62 Å². The summed E-state index contributed by atoms with van der Waals surface area (Å²) in [5.74, 6) is -0.0403. The van der Waals surface area contributed by atoms with Gasteiger partial charge in [0.25, 0.3) is 10.0 Å². The number of hydrogen-bond acceptors (Lipinski definition) is 4. The summed E-state index contributed by atoms with van der Waals surface area (Å²) < 4.78 is 66.8. The van der Waals surface area contributed by atoms with Crippen molar-refractivity contribution in [3.05, 3.63) is 89.5 Å². The Bertz CT molecular complexity index is 1330. The van der Waals surface area contributed by atoms with Crippen molar-refractivity contribution in [2.45, 2.75) is 30.8 Å². The number of piperazine rings is 1. The molecule has 6 nitrogen and oxygen atoms in total. The molecular weight excluding hydrogens is 503 g/mol. The second kappa shape index (κ2) is 10.8. The number of hydrogen-bond donors (Lipinski definition) is 1. The van der Waals surface area contributed by atoms with Gasteiger partial charge in [0.05, 0.1) is 10.5 Å². The molecule has 37 heavy (non-hydrogen) atoms. The van der Waals surface area contributed by atoms with Gasteiger partial charge >= 0.3 is 6.18 Å². The van der Waals surface area contributed by atoms with Crippen LogP contribution in [0.2, 0.25) is 0 Å². The van der Waals surface area contributed by atoms with E-state index in [1.807, 2.05) is 24.0 Å². The maximum atomic E-state index is 13.0. The third-order valence-corrected chi connectivity index (χ3v) is 7.73. The van der Waals surface area contributed by atoms with Crippen molar-refractivity contribution >= 4 is 27.3 Å². The molecule has 0 radical (unpaired) electrons. The molecule has 0 aliphatic carbocycles. The minimum absolute atomic E-state index is 0.0403. The van der Waals surface area contributed by atoms with Crippen LogP contribution in [0.5, 0.6) is 0 Å². The molecule has 0 saturated carbocycles. The van der Waals surface area contributed by atoms with E-state index in [2.05, 4.69) is 4.72 Å². The van der Waals surface area contributed by atoms with Crippen molar-refractivity contribution < 1.29 is 26.4 Å². The van der Waals surface area contributed by atoms with Crippen LogP contribution in [0.15, 0.2) is 77.7 Å². The number of sulfonamides is 1. The minimum Gasteiger partial charge on any atom is -0.368 e. The molecule has 1 N–H and O–H groups in total. The van der Waals surface area contributed by atoms with Gasteiger partial charge in [-0.3, -0.25) is 9.52 Å². The predicted molar refractivity (Wildman–Crippen MR) is 137 cm³/mol. The van der Waals surface area contributed by atoms with Gasteiger partial charge in [-0.2, -0.15) is 13.2 Å². The van der Waals surface area contributed by atoms with Crippen molar-refractivity contribution in [2.75, 3.05) is 35.8 Å². The molecule has 0 atom stereocenters. The number of nitrogens with one attached hydrogen (secondary N) is 1. The predicted octanol–water partition coefficient (Wildman–Crippen LogP) is 5.10. The molecular formula is C27H28F3N3O3S. The minimum atomic E-state index is -4.40. The third-order valence-electron chi connectivity index (χ3n) is 6.34. The van der Waals surface area contributed by atoms with Crippen LogP contribution in [-0.2, 0) is 27.4 Å². The number of alkyl halides is 3. The van der Waals surface area contributed by atoms with Crippen molar-refractivity contribution in [1.82, 2.24) is 4.90 Å². The smallest absolute Gasteiger partial charge is 0.368 e. The molecule has 3 aromatic rings. The summed E-state index contributed by atoms with van der Waals surface area (Å²) in [4.78, 5) is 16.4. The first-order valence-electron chi connectivity index (χ1n) is 11.9. The fraction of sp³-hybridized carbons (Fsp3) is 0.296. The Morgan fingerprint density at radius 2 is 1.57 bits per heavy atom. The zero-order valence-electron chi connectivity index (χ0n) is 20.3. The Morgan fingerprint density at radius 3 is 2.19 bits per heavy atom. The van der Waals surface area contributed by atoms with Crippen molar-refractivity contribution in [3.8, 4) is 0 Å². The maximum absolute atomic E-state index is 13.0. The van der Waals surface area contributed by atoms with Gasteiger partial charge in [0, 0.05) is 44.0 Å². The topological polar surface area (TPSA) is 69.7 Å². The van der Waals surface area contributed by atoms with E-state index in [0.717, 1.165) is 23.3 Å². The molecule has 0 bridgehead atoms. The first-order valence-corrected chi connectivity index (χ1v) is 13.4. The number of carbonyl (C=O) groups excluding carboxylic acids is 1. The molecule has 1 amide bonds. The lowest BCUT2D eigenvalue weighted by Crippen LogP contribution is -2.48. The summed E-state index contributed by atoms with van der Waals surface area (Å²) >= 11 is 0. The van der Waals surface area contributed by atoms with Gasteiger partial charge < -0.3 is 9.80 Å². The Hall–Kier alpha value is -3.53. The second-order valence-electron chi connectivity index (χ2n) is 9.03. The second-order valence-corrected chi connectivity index (χ2v) is 10.7. The van der Waals surface area contributed by atoms with E-state index in [1.165, 1.54) is 18.2 Å². The average molecular weight is 532 g/mol. The Labute approximate surface area is 214 Å². The highest BCUT2D eigenvalue weighted by Crippen LogP contribution is 2.32. The normalized spacial score (nSPS) is 14.5. The highest BCUT2D eigenvalue weighted by molar-refractivity contribution is 7.92. The maximum Gasteiger partial charge on any atom is 0.416 e. The van der Waals surface area contributed by atoms with E-state index in [0.29, 0.717) is 44.0 Å². The summed E-state index contributed by atoms with van der Waals surface area (Å²) in [6, 6.07) is 18.7. The number of rotatable bonds is 7. The number of halogens is 3. The average Bonchev–Trinajstić information content (AvgIpc) is 2.88. The van der Waals surface area contributed by atoms with Crippen LogP contribution in [0.3, 0.4) is 0 Å².